The van der Waals surface area contributed by atoms with E-state index in [1.165, 1.54) is 12.7 Å². The second-order valence-electron chi connectivity index (χ2n) is 9.53. The smallest absolute Gasteiger partial charge is 0.313 e. The van der Waals surface area contributed by atoms with E-state index in [2.05, 4.69) is 45.0 Å². The van der Waals surface area contributed by atoms with Gasteiger partial charge in [0.05, 0.1) is 26.4 Å². The van der Waals surface area contributed by atoms with Crippen LogP contribution < -0.4 is 4.74 Å². The van der Waals surface area contributed by atoms with E-state index < -0.39 is 6.10 Å². The van der Waals surface area contributed by atoms with Crippen LogP contribution in [0.4, 0.5) is 0 Å². The van der Waals surface area contributed by atoms with Crippen LogP contribution in [0.3, 0.4) is 0 Å². The Kier molecular flexibility index (Phi) is 8.24. The molecule has 4 atom stereocenters. The van der Waals surface area contributed by atoms with Gasteiger partial charge in [-0.3, -0.25) is 9.63 Å². The lowest BCUT2D eigenvalue weighted by Crippen LogP contribution is -2.44. The molecule has 6 heteroatoms. The number of rotatable bonds is 9. The first-order valence-corrected chi connectivity index (χ1v) is 12.4. The van der Waals surface area contributed by atoms with E-state index in [0.717, 1.165) is 48.2 Å². The van der Waals surface area contributed by atoms with Crippen LogP contribution in [0.1, 0.15) is 47.9 Å². The second kappa shape index (κ2) is 11.3. The van der Waals surface area contributed by atoms with E-state index in [1.54, 1.807) is 0 Å². The minimum Gasteiger partial charge on any atom is -0.487 e. The van der Waals surface area contributed by atoms with Gasteiger partial charge >= 0.3 is 5.97 Å². The number of ether oxygens (including phenoxy) is 3. The average Bonchev–Trinajstić information content (AvgIpc) is 3.22. The standard InChI is InChI=1S/C28H37NO5/c1-19-16-20(2)26(21(3)17-19)33-24(13-15-32-18-22-10-6-5-7-11-22)27-25(28(30)31-4)23-12-8-9-14-29(23)34-27/h5-7,10-11,16-17,23-25,27H,8-9,12-15,18H2,1-4H3/t23-,24-,25+,27+/m1/s1. The molecular formula is C28H37NO5. The van der Waals surface area contributed by atoms with Crippen molar-refractivity contribution in [3.63, 3.8) is 0 Å². The van der Waals surface area contributed by atoms with Crippen molar-refractivity contribution in [2.75, 3.05) is 20.3 Å². The van der Waals surface area contributed by atoms with Gasteiger partial charge in [-0.25, -0.2) is 0 Å². The zero-order valence-electron chi connectivity index (χ0n) is 20.8. The largest absolute Gasteiger partial charge is 0.487 e. The fraction of sp³-hybridized carbons (Fsp3) is 0.536. The first kappa shape index (κ1) is 24.7. The summed E-state index contributed by atoms with van der Waals surface area (Å²) in [5.74, 6) is 0.252. The highest BCUT2D eigenvalue weighted by molar-refractivity contribution is 5.74. The molecule has 2 aromatic rings. The van der Waals surface area contributed by atoms with Crippen LogP contribution in [0.15, 0.2) is 42.5 Å². The molecule has 6 nitrogen and oxygen atoms in total. The number of esters is 1. The molecule has 0 unspecified atom stereocenters. The van der Waals surface area contributed by atoms with Gasteiger partial charge in [-0.2, -0.15) is 5.06 Å². The lowest BCUT2D eigenvalue weighted by atomic mass is 9.86. The number of hydrogen-bond acceptors (Lipinski definition) is 6. The Morgan fingerprint density at radius 2 is 1.85 bits per heavy atom. The maximum Gasteiger partial charge on any atom is 0.313 e. The number of methoxy groups -OCH3 is 1. The molecule has 4 rings (SSSR count). The van der Waals surface area contributed by atoms with Crippen molar-refractivity contribution < 1.29 is 23.8 Å². The third kappa shape index (κ3) is 5.62. The van der Waals surface area contributed by atoms with Gasteiger partial charge in [-0.1, -0.05) is 54.4 Å². The Morgan fingerprint density at radius 1 is 1.12 bits per heavy atom. The lowest BCUT2D eigenvalue weighted by Gasteiger charge is -2.29. The van der Waals surface area contributed by atoms with Gasteiger partial charge in [-0.15, -0.1) is 0 Å². The van der Waals surface area contributed by atoms with Crippen LogP contribution in [-0.4, -0.2) is 49.5 Å². The van der Waals surface area contributed by atoms with E-state index in [1.807, 2.05) is 23.3 Å². The number of benzene rings is 2. The van der Waals surface area contributed by atoms with E-state index >= 15 is 0 Å². The summed E-state index contributed by atoms with van der Waals surface area (Å²) in [6, 6.07) is 14.4. The van der Waals surface area contributed by atoms with Crippen LogP contribution in [0.25, 0.3) is 0 Å². The predicted molar refractivity (Wildman–Crippen MR) is 131 cm³/mol. The molecule has 0 bridgehead atoms. The van der Waals surface area contributed by atoms with Crippen molar-refractivity contribution >= 4 is 5.97 Å². The summed E-state index contributed by atoms with van der Waals surface area (Å²) >= 11 is 0. The number of hydrogen-bond donors (Lipinski definition) is 0. The SMILES string of the molecule is COC(=O)[C@@H]1[C@H]([C@@H](CCOCc2ccccc2)Oc2c(C)cc(C)cc2C)ON2CCCC[C@H]12. The van der Waals surface area contributed by atoms with Crippen LogP contribution in [0.5, 0.6) is 5.75 Å². The van der Waals surface area contributed by atoms with Gasteiger partial charge in [0, 0.05) is 13.0 Å². The van der Waals surface area contributed by atoms with Crippen LogP contribution in [0, 0.1) is 26.7 Å². The molecule has 0 amide bonds. The Hall–Kier alpha value is -2.41. The van der Waals surface area contributed by atoms with Crippen molar-refractivity contribution in [2.45, 2.75) is 71.3 Å². The molecule has 0 radical (unpaired) electrons. The fourth-order valence-corrected chi connectivity index (χ4v) is 5.35. The molecule has 0 aliphatic carbocycles. The Labute approximate surface area is 203 Å². The Bertz CT molecular complexity index is 940. The summed E-state index contributed by atoms with van der Waals surface area (Å²) in [7, 11) is 1.46. The van der Waals surface area contributed by atoms with Crippen LogP contribution in [-0.2, 0) is 25.7 Å². The van der Waals surface area contributed by atoms with Crippen molar-refractivity contribution in [1.29, 1.82) is 0 Å². The van der Waals surface area contributed by atoms with Crippen LogP contribution >= 0.6 is 0 Å². The molecule has 0 spiro atoms. The molecule has 184 valence electrons. The number of aryl methyl sites for hydroxylation is 3. The highest BCUT2D eigenvalue weighted by Gasteiger charge is 2.52. The molecule has 2 saturated heterocycles. The Morgan fingerprint density at radius 3 is 2.56 bits per heavy atom. The number of carbonyl (C=O) groups is 1. The van der Waals surface area contributed by atoms with Gasteiger partial charge in [-0.05, 0) is 50.3 Å². The number of hydroxylamine groups is 2. The normalized spacial score (nSPS) is 23.4. The number of piperidine rings is 1. The van der Waals surface area contributed by atoms with Crippen molar-refractivity contribution in [3.8, 4) is 5.75 Å². The minimum atomic E-state index is -0.420. The maximum absolute atomic E-state index is 12.9. The van der Waals surface area contributed by atoms with Crippen molar-refractivity contribution in [2.24, 2.45) is 5.92 Å². The molecule has 2 fully saturated rings. The monoisotopic (exact) mass is 467 g/mol. The topological polar surface area (TPSA) is 57.2 Å². The third-order valence-corrected chi connectivity index (χ3v) is 6.90. The third-order valence-electron chi connectivity index (χ3n) is 6.90. The maximum atomic E-state index is 12.9. The predicted octanol–water partition coefficient (Wildman–Crippen LogP) is 4.92. The average molecular weight is 468 g/mol. The molecule has 2 heterocycles. The summed E-state index contributed by atoms with van der Waals surface area (Å²) in [4.78, 5) is 19.3. The summed E-state index contributed by atoms with van der Waals surface area (Å²) in [6.07, 6.45) is 2.93. The van der Waals surface area contributed by atoms with E-state index in [-0.39, 0.29) is 24.0 Å². The molecular weight excluding hydrogens is 430 g/mol. The number of fused-ring (bicyclic) bond motifs is 1. The van der Waals surface area contributed by atoms with E-state index in [9.17, 15) is 4.79 Å². The van der Waals surface area contributed by atoms with E-state index in [4.69, 9.17) is 19.0 Å². The zero-order valence-corrected chi connectivity index (χ0v) is 20.8. The molecule has 0 N–H and O–H groups in total. The van der Waals surface area contributed by atoms with Crippen molar-refractivity contribution in [3.05, 3.63) is 64.7 Å². The minimum absolute atomic E-state index is 0.0303. The van der Waals surface area contributed by atoms with Gasteiger partial charge < -0.3 is 14.2 Å². The number of carbonyl (C=O) groups excluding carboxylic acids is 1. The van der Waals surface area contributed by atoms with E-state index in [0.29, 0.717) is 19.6 Å². The molecule has 2 aliphatic heterocycles. The first-order valence-electron chi connectivity index (χ1n) is 12.4. The van der Waals surface area contributed by atoms with Gasteiger partial charge in [0.15, 0.2) is 0 Å². The van der Waals surface area contributed by atoms with Crippen molar-refractivity contribution in [1.82, 2.24) is 5.06 Å². The summed E-state index contributed by atoms with van der Waals surface area (Å²) in [5.41, 5.74) is 4.50. The van der Waals surface area contributed by atoms with Gasteiger partial charge in [0.2, 0.25) is 0 Å². The summed E-state index contributed by atoms with van der Waals surface area (Å²) < 4.78 is 17.9. The first-order chi connectivity index (χ1) is 16.5. The number of nitrogens with zero attached hydrogens (tertiary/aromatic N) is 1. The molecule has 2 aromatic carbocycles. The summed E-state index contributed by atoms with van der Waals surface area (Å²) in [5, 5.41) is 1.99. The zero-order chi connectivity index (χ0) is 24.1. The van der Waals surface area contributed by atoms with Crippen LogP contribution in [0.2, 0.25) is 0 Å². The quantitative estimate of drug-likeness (QED) is 0.385. The summed E-state index contributed by atoms with van der Waals surface area (Å²) in [6.45, 7) is 8.08. The van der Waals surface area contributed by atoms with Gasteiger partial charge in [0.1, 0.15) is 23.9 Å². The Balaban J connectivity index is 1.55. The lowest BCUT2D eigenvalue weighted by molar-refractivity contribution is -0.192. The molecule has 0 saturated carbocycles. The van der Waals surface area contributed by atoms with Gasteiger partial charge in [0.25, 0.3) is 0 Å². The fourth-order valence-electron chi connectivity index (χ4n) is 5.35. The highest BCUT2D eigenvalue weighted by Crippen LogP contribution is 2.39. The molecule has 34 heavy (non-hydrogen) atoms. The molecule has 2 aliphatic rings. The molecule has 0 aromatic heterocycles. The highest BCUT2D eigenvalue weighted by atomic mass is 16.7. The second-order valence-corrected chi connectivity index (χ2v) is 9.53.